The van der Waals surface area contributed by atoms with Gasteiger partial charge in [-0.15, -0.1) is 0 Å². The molecule has 5 aliphatic rings. The van der Waals surface area contributed by atoms with Gasteiger partial charge in [-0.05, 0) is 92.5 Å². The molecule has 3 aromatic rings. The van der Waals surface area contributed by atoms with Crippen LogP contribution < -0.4 is 10.6 Å². The van der Waals surface area contributed by atoms with Crippen LogP contribution in [-0.2, 0) is 22.6 Å². The number of ether oxygens (including phenoxy) is 2. The SMILES string of the molecule is C[C@@H]([C@H](O)c1ccccc1)N(C)C[C@H]1C[C@@H](c2ccc(CO)cc2)O[C@@H](c2ccc(CNC(=O)NC34CC5CC(CC(C5)C3)C4)cc2)O1. The minimum absolute atomic E-state index is 0.00226. The molecule has 4 N–H and O–H groups in total. The second kappa shape index (κ2) is 14.3. The summed E-state index contributed by atoms with van der Waals surface area (Å²) in [6.07, 6.45) is 6.61. The molecular formula is C40H51N3O5. The van der Waals surface area contributed by atoms with E-state index in [2.05, 4.69) is 15.5 Å². The molecule has 1 saturated heterocycles. The number of carbonyl (C=O) groups excluding carboxylic acids is 1. The summed E-state index contributed by atoms with van der Waals surface area (Å²) >= 11 is 0. The molecule has 5 atom stereocenters. The highest BCUT2D eigenvalue weighted by atomic mass is 16.7. The Balaban J connectivity index is 0.993. The molecule has 0 spiro atoms. The molecule has 2 amide bonds. The maximum atomic E-state index is 13.0. The number of nitrogens with zero attached hydrogens (tertiary/aromatic N) is 1. The van der Waals surface area contributed by atoms with Gasteiger partial charge in [0, 0.05) is 36.7 Å². The van der Waals surface area contributed by atoms with Crippen molar-refractivity contribution in [2.24, 2.45) is 17.8 Å². The first-order valence-corrected chi connectivity index (χ1v) is 17.8. The van der Waals surface area contributed by atoms with Gasteiger partial charge in [-0.2, -0.15) is 0 Å². The van der Waals surface area contributed by atoms with Crippen LogP contribution in [0.4, 0.5) is 4.79 Å². The highest BCUT2D eigenvalue weighted by Gasteiger charge is 2.51. The highest BCUT2D eigenvalue weighted by molar-refractivity contribution is 5.75. The quantitative estimate of drug-likeness (QED) is 0.187. The summed E-state index contributed by atoms with van der Waals surface area (Å²) in [6, 6.07) is 25.6. The number of rotatable bonds is 11. The monoisotopic (exact) mass is 653 g/mol. The Bertz CT molecular complexity index is 1480. The van der Waals surface area contributed by atoms with Gasteiger partial charge in [0.2, 0.25) is 0 Å². The zero-order chi connectivity index (χ0) is 33.3. The minimum atomic E-state index is -0.621. The fourth-order valence-corrected chi connectivity index (χ4v) is 9.21. The molecule has 8 heteroatoms. The molecule has 5 fully saturated rings. The normalized spacial score (nSPS) is 30.6. The molecule has 0 unspecified atom stereocenters. The molecular weight excluding hydrogens is 602 g/mol. The first-order valence-electron chi connectivity index (χ1n) is 17.8. The molecule has 0 aromatic heterocycles. The molecule has 4 aliphatic carbocycles. The number of amides is 2. The maximum absolute atomic E-state index is 13.0. The van der Waals surface area contributed by atoms with Crippen LogP contribution >= 0.6 is 0 Å². The predicted octanol–water partition coefficient (Wildman–Crippen LogP) is 6.55. The Morgan fingerprint density at radius 1 is 0.854 bits per heavy atom. The van der Waals surface area contributed by atoms with Gasteiger partial charge in [0.1, 0.15) is 0 Å². The molecule has 8 rings (SSSR count). The van der Waals surface area contributed by atoms with Crippen molar-refractivity contribution in [1.29, 1.82) is 0 Å². The Morgan fingerprint density at radius 2 is 1.46 bits per heavy atom. The van der Waals surface area contributed by atoms with E-state index in [1.165, 1.54) is 19.3 Å². The van der Waals surface area contributed by atoms with Crippen molar-refractivity contribution in [1.82, 2.24) is 15.5 Å². The molecule has 3 aromatic carbocycles. The molecule has 0 radical (unpaired) electrons. The number of benzene rings is 3. The summed E-state index contributed by atoms with van der Waals surface area (Å²) in [4.78, 5) is 15.2. The molecule has 8 nitrogen and oxygen atoms in total. The van der Waals surface area contributed by atoms with Gasteiger partial charge in [-0.3, -0.25) is 4.90 Å². The van der Waals surface area contributed by atoms with Crippen LogP contribution in [0, 0.1) is 17.8 Å². The van der Waals surface area contributed by atoms with Crippen molar-refractivity contribution < 1.29 is 24.5 Å². The lowest BCUT2D eigenvalue weighted by atomic mass is 9.53. The minimum Gasteiger partial charge on any atom is -0.392 e. The molecule has 1 aliphatic heterocycles. The summed E-state index contributed by atoms with van der Waals surface area (Å²) in [5, 5.41) is 27.2. The van der Waals surface area contributed by atoms with Crippen LogP contribution in [0.15, 0.2) is 78.9 Å². The van der Waals surface area contributed by atoms with Crippen LogP contribution in [0.5, 0.6) is 0 Å². The third-order valence-corrected chi connectivity index (χ3v) is 11.5. The second-order valence-corrected chi connectivity index (χ2v) is 15.1. The van der Waals surface area contributed by atoms with E-state index in [0.29, 0.717) is 19.5 Å². The van der Waals surface area contributed by atoms with Crippen molar-refractivity contribution in [2.45, 2.75) is 101 Å². The van der Waals surface area contributed by atoms with E-state index in [9.17, 15) is 15.0 Å². The van der Waals surface area contributed by atoms with Gasteiger partial charge >= 0.3 is 6.03 Å². The van der Waals surface area contributed by atoms with Gasteiger partial charge in [0.15, 0.2) is 6.29 Å². The predicted molar refractivity (Wildman–Crippen MR) is 185 cm³/mol. The lowest BCUT2D eigenvalue weighted by Gasteiger charge is -2.56. The zero-order valence-electron chi connectivity index (χ0n) is 28.3. The number of aliphatic hydroxyl groups is 2. The van der Waals surface area contributed by atoms with Crippen LogP contribution in [-0.4, -0.2) is 52.4 Å². The topological polar surface area (TPSA) is 103 Å². The average molecular weight is 654 g/mol. The number of nitrogens with one attached hydrogen (secondary N) is 2. The average Bonchev–Trinajstić information content (AvgIpc) is 3.10. The number of urea groups is 1. The van der Waals surface area contributed by atoms with Crippen molar-refractivity contribution >= 4 is 6.03 Å². The van der Waals surface area contributed by atoms with E-state index in [4.69, 9.17) is 9.47 Å². The van der Waals surface area contributed by atoms with Crippen molar-refractivity contribution in [3.63, 3.8) is 0 Å². The van der Waals surface area contributed by atoms with E-state index in [1.807, 2.05) is 92.8 Å². The first-order chi connectivity index (χ1) is 23.3. The summed E-state index contributed by atoms with van der Waals surface area (Å²) < 4.78 is 13.1. The summed E-state index contributed by atoms with van der Waals surface area (Å²) in [7, 11) is 2.02. The van der Waals surface area contributed by atoms with Crippen LogP contribution in [0.3, 0.4) is 0 Å². The standard InChI is InChI=1S/C40H51N3O5/c1-26(37(45)33-6-4-3-5-7-33)43(2)24-35-19-36(32-12-10-28(25-44)11-13-32)48-38(47-35)34-14-8-27(9-15-34)23-41-39(46)42-40-20-29-16-30(21-40)18-31(17-29)22-40/h3-15,26,29-31,35-38,44-45H,16-25H2,1-2H3,(H2,41,42,46)/t26-,29?,30?,31?,35+,36-,37-,38-,40?/m0/s1. The zero-order valence-corrected chi connectivity index (χ0v) is 28.3. The Kier molecular flexibility index (Phi) is 9.90. The maximum Gasteiger partial charge on any atom is 0.315 e. The summed E-state index contributed by atoms with van der Waals surface area (Å²) in [6.45, 7) is 3.12. The Hall–Kier alpha value is -3.27. The van der Waals surface area contributed by atoms with Gasteiger partial charge in [0.25, 0.3) is 0 Å². The first kappa shape index (κ1) is 33.2. The van der Waals surface area contributed by atoms with Crippen molar-refractivity contribution in [3.8, 4) is 0 Å². The number of hydrogen-bond acceptors (Lipinski definition) is 6. The lowest BCUT2D eigenvalue weighted by Crippen LogP contribution is -2.61. The number of aliphatic hydroxyl groups excluding tert-OH is 2. The smallest absolute Gasteiger partial charge is 0.315 e. The van der Waals surface area contributed by atoms with E-state index < -0.39 is 12.4 Å². The molecule has 4 saturated carbocycles. The molecule has 1 heterocycles. The summed E-state index contributed by atoms with van der Waals surface area (Å²) in [5.41, 5.74) is 4.72. The molecule has 4 bridgehead atoms. The Labute approximate surface area is 284 Å². The van der Waals surface area contributed by atoms with E-state index in [0.717, 1.165) is 64.8 Å². The summed E-state index contributed by atoms with van der Waals surface area (Å²) in [5.74, 6) is 2.37. The number of hydrogen-bond donors (Lipinski definition) is 4. The fraction of sp³-hybridized carbons (Fsp3) is 0.525. The number of carbonyl (C=O) groups is 1. The van der Waals surface area contributed by atoms with Crippen molar-refractivity contribution in [2.75, 3.05) is 13.6 Å². The van der Waals surface area contributed by atoms with E-state index in [-0.39, 0.29) is 36.4 Å². The molecule has 48 heavy (non-hydrogen) atoms. The lowest BCUT2D eigenvalue weighted by molar-refractivity contribution is -0.253. The fourth-order valence-electron chi connectivity index (χ4n) is 9.21. The van der Waals surface area contributed by atoms with E-state index in [1.54, 1.807) is 0 Å². The van der Waals surface area contributed by atoms with E-state index >= 15 is 0 Å². The second-order valence-electron chi connectivity index (χ2n) is 15.1. The molecule has 256 valence electrons. The van der Waals surface area contributed by atoms with Crippen LogP contribution in [0.2, 0.25) is 0 Å². The van der Waals surface area contributed by atoms with Gasteiger partial charge in [0.05, 0.1) is 24.9 Å². The van der Waals surface area contributed by atoms with Crippen molar-refractivity contribution in [3.05, 3.63) is 107 Å². The highest BCUT2D eigenvalue weighted by Crippen LogP contribution is 2.55. The largest absolute Gasteiger partial charge is 0.392 e. The van der Waals surface area contributed by atoms with Crippen LogP contribution in [0.1, 0.15) is 98.2 Å². The third-order valence-electron chi connectivity index (χ3n) is 11.5. The van der Waals surface area contributed by atoms with Gasteiger partial charge < -0.3 is 30.3 Å². The third kappa shape index (κ3) is 7.48. The van der Waals surface area contributed by atoms with Gasteiger partial charge in [-0.1, -0.05) is 78.9 Å². The van der Waals surface area contributed by atoms with Crippen LogP contribution in [0.25, 0.3) is 0 Å². The van der Waals surface area contributed by atoms with Gasteiger partial charge in [-0.25, -0.2) is 4.79 Å². The number of likely N-dealkylation sites (N-methyl/N-ethyl adjacent to an activating group) is 1. The Morgan fingerprint density at radius 3 is 2.08 bits per heavy atom.